The first kappa shape index (κ1) is 10.2. The lowest BCUT2D eigenvalue weighted by Crippen LogP contribution is -2.06. The Labute approximate surface area is 89.4 Å². The third kappa shape index (κ3) is 1.87. The zero-order valence-electron chi connectivity index (χ0n) is 8.62. The first-order valence-electron chi connectivity index (χ1n) is 4.46. The largest absolute Gasteiger partial charge is 0.460 e. The molecule has 0 amide bonds. The number of hydrogen-bond donors (Lipinski definition) is 0. The molecule has 0 N–H and O–H groups in total. The molecular weight excluding hydrogens is 216 g/mol. The molecule has 0 aliphatic heterocycles. The quantitative estimate of drug-likeness (QED) is 0.638. The molecule has 9 heteroatoms. The van der Waals surface area contributed by atoms with Gasteiger partial charge in [0.2, 0.25) is 0 Å². The predicted octanol–water partition coefficient (Wildman–Crippen LogP) is -0.563. The van der Waals surface area contributed by atoms with Gasteiger partial charge in [-0.3, -0.25) is 0 Å². The van der Waals surface area contributed by atoms with Gasteiger partial charge in [0, 0.05) is 0 Å². The van der Waals surface area contributed by atoms with Crippen LogP contribution in [0.4, 0.5) is 0 Å². The van der Waals surface area contributed by atoms with E-state index < -0.39 is 5.97 Å². The number of rotatable bonds is 3. The van der Waals surface area contributed by atoms with Gasteiger partial charge in [0.15, 0.2) is 0 Å². The number of hydrogen-bond acceptors (Lipinski definition) is 8. The average molecular weight is 224 g/mol. The highest BCUT2D eigenvalue weighted by Crippen LogP contribution is 2.10. The second-order valence-corrected chi connectivity index (χ2v) is 2.75. The SMILES string of the molecule is CCOC(=O)c1noc(-c2nnn(C)n2)n1. The van der Waals surface area contributed by atoms with Gasteiger partial charge in [0.25, 0.3) is 17.5 Å². The molecule has 0 aromatic carbocycles. The van der Waals surface area contributed by atoms with E-state index in [1.165, 1.54) is 4.80 Å². The number of aryl methyl sites for hydroxylation is 1. The molecule has 16 heavy (non-hydrogen) atoms. The molecule has 0 saturated carbocycles. The highest BCUT2D eigenvalue weighted by atomic mass is 16.5. The van der Waals surface area contributed by atoms with Crippen molar-refractivity contribution in [2.75, 3.05) is 6.61 Å². The Kier molecular flexibility index (Phi) is 2.58. The Balaban J connectivity index is 2.22. The van der Waals surface area contributed by atoms with Gasteiger partial charge in [-0.2, -0.15) is 9.78 Å². The topological polar surface area (TPSA) is 109 Å². The average Bonchev–Trinajstić information content (AvgIpc) is 2.85. The highest BCUT2D eigenvalue weighted by Gasteiger charge is 2.19. The first-order chi connectivity index (χ1) is 7.70. The minimum atomic E-state index is -0.651. The van der Waals surface area contributed by atoms with Crippen LogP contribution in [0.25, 0.3) is 11.7 Å². The van der Waals surface area contributed by atoms with Crippen LogP contribution in [0.1, 0.15) is 17.5 Å². The third-order valence-electron chi connectivity index (χ3n) is 1.58. The summed E-state index contributed by atoms with van der Waals surface area (Å²) in [5.41, 5.74) is 0. The number of aromatic nitrogens is 6. The van der Waals surface area contributed by atoms with Gasteiger partial charge in [-0.15, -0.1) is 10.2 Å². The van der Waals surface area contributed by atoms with Crippen molar-refractivity contribution >= 4 is 5.97 Å². The Hall–Kier alpha value is -2.32. The molecule has 9 nitrogen and oxygen atoms in total. The molecule has 0 radical (unpaired) electrons. The lowest BCUT2D eigenvalue weighted by molar-refractivity contribution is 0.0508. The molecule has 0 aliphatic carbocycles. The predicted molar refractivity (Wildman–Crippen MR) is 48.0 cm³/mol. The number of nitrogens with zero attached hydrogens (tertiary/aromatic N) is 6. The Morgan fingerprint density at radius 3 is 3.00 bits per heavy atom. The molecule has 2 heterocycles. The molecule has 84 valence electrons. The molecule has 2 aromatic rings. The van der Waals surface area contributed by atoms with Gasteiger partial charge in [0.05, 0.1) is 13.7 Å². The van der Waals surface area contributed by atoms with Crippen molar-refractivity contribution in [3.05, 3.63) is 5.82 Å². The Morgan fingerprint density at radius 1 is 1.56 bits per heavy atom. The summed E-state index contributed by atoms with van der Waals surface area (Å²) in [7, 11) is 1.60. The molecule has 0 aliphatic rings. The monoisotopic (exact) mass is 224 g/mol. The summed E-state index contributed by atoms with van der Waals surface area (Å²) >= 11 is 0. The molecule has 2 rings (SSSR count). The molecule has 0 bridgehead atoms. The molecule has 0 unspecified atom stereocenters. The van der Waals surface area contributed by atoms with Gasteiger partial charge in [-0.05, 0) is 17.3 Å². The van der Waals surface area contributed by atoms with Gasteiger partial charge < -0.3 is 9.26 Å². The maximum Gasteiger partial charge on any atom is 0.379 e. The van der Waals surface area contributed by atoms with Gasteiger partial charge in [0.1, 0.15) is 0 Å². The molecule has 0 fully saturated rings. The minimum absolute atomic E-state index is 0.0242. The summed E-state index contributed by atoms with van der Waals surface area (Å²) in [4.78, 5) is 16.2. The number of tetrazole rings is 1. The van der Waals surface area contributed by atoms with Crippen LogP contribution in [0, 0.1) is 0 Å². The standard InChI is InChI=1S/C7H8N6O3/c1-3-15-7(14)5-8-6(16-11-5)4-9-12-13(2)10-4/h3H2,1-2H3. The Bertz CT molecular complexity index is 504. The van der Waals surface area contributed by atoms with Crippen molar-refractivity contribution in [2.45, 2.75) is 6.92 Å². The zero-order valence-corrected chi connectivity index (χ0v) is 8.62. The fourth-order valence-electron chi connectivity index (χ4n) is 0.963. The van der Waals surface area contributed by atoms with E-state index in [9.17, 15) is 4.79 Å². The van der Waals surface area contributed by atoms with E-state index in [1.807, 2.05) is 0 Å². The van der Waals surface area contributed by atoms with Gasteiger partial charge in [-0.1, -0.05) is 0 Å². The van der Waals surface area contributed by atoms with Crippen LogP contribution in [0.2, 0.25) is 0 Å². The van der Waals surface area contributed by atoms with E-state index in [0.29, 0.717) is 0 Å². The summed E-state index contributed by atoms with van der Waals surface area (Å²) in [5, 5.41) is 14.5. The van der Waals surface area contributed by atoms with Crippen molar-refractivity contribution in [1.82, 2.24) is 30.3 Å². The number of carbonyl (C=O) groups is 1. The van der Waals surface area contributed by atoms with Gasteiger partial charge in [-0.25, -0.2) is 4.79 Å². The normalized spacial score (nSPS) is 10.4. The first-order valence-corrected chi connectivity index (χ1v) is 4.46. The minimum Gasteiger partial charge on any atom is -0.460 e. The third-order valence-corrected chi connectivity index (χ3v) is 1.58. The van der Waals surface area contributed by atoms with E-state index in [-0.39, 0.29) is 24.1 Å². The van der Waals surface area contributed by atoms with Crippen molar-refractivity contribution in [3.63, 3.8) is 0 Å². The molecule has 0 atom stereocenters. The highest BCUT2D eigenvalue weighted by molar-refractivity contribution is 5.85. The molecular formula is C7H8N6O3. The van der Waals surface area contributed by atoms with Crippen LogP contribution in [-0.4, -0.2) is 42.9 Å². The summed E-state index contributed by atoms with van der Waals surface area (Å²) in [5.74, 6) is -0.632. The van der Waals surface area contributed by atoms with Crippen molar-refractivity contribution < 1.29 is 14.1 Å². The van der Waals surface area contributed by atoms with E-state index in [0.717, 1.165) is 0 Å². The van der Waals surface area contributed by atoms with Crippen LogP contribution in [0.5, 0.6) is 0 Å². The molecule has 0 spiro atoms. The summed E-state index contributed by atoms with van der Waals surface area (Å²) < 4.78 is 9.49. The molecule has 0 saturated heterocycles. The van der Waals surface area contributed by atoms with E-state index in [4.69, 9.17) is 9.26 Å². The maximum atomic E-state index is 11.2. The molecule has 2 aromatic heterocycles. The van der Waals surface area contributed by atoms with Gasteiger partial charge >= 0.3 is 5.97 Å². The van der Waals surface area contributed by atoms with E-state index >= 15 is 0 Å². The van der Waals surface area contributed by atoms with Crippen molar-refractivity contribution in [1.29, 1.82) is 0 Å². The summed E-state index contributed by atoms with van der Waals surface area (Å²) in [6, 6.07) is 0. The lowest BCUT2D eigenvalue weighted by atomic mass is 10.6. The second kappa shape index (κ2) is 4.04. The number of carbonyl (C=O) groups excluding carboxylic acids is 1. The van der Waals surface area contributed by atoms with Crippen LogP contribution in [0.3, 0.4) is 0 Å². The lowest BCUT2D eigenvalue weighted by Gasteiger charge is -1.93. The van der Waals surface area contributed by atoms with E-state index in [1.54, 1.807) is 14.0 Å². The fraction of sp³-hybridized carbons (Fsp3) is 0.429. The van der Waals surface area contributed by atoms with Crippen LogP contribution in [-0.2, 0) is 11.8 Å². The number of esters is 1. The Morgan fingerprint density at radius 2 is 2.38 bits per heavy atom. The maximum absolute atomic E-state index is 11.2. The fourth-order valence-corrected chi connectivity index (χ4v) is 0.963. The summed E-state index contributed by atoms with van der Waals surface area (Å²) in [6.07, 6.45) is 0. The van der Waals surface area contributed by atoms with Crippen molar-refractivity contribution in [2.24, 2.45) is 7.05 Å². The van der Waals surface area contributed by atoms with E-state index in [2.05, 4.69) is 25.6 Å². The van der Waals surface area contributed by atoms with Crippen molar-refractivity contribution in [3.8, 4) is 11.7 Å². The smallest absolute Gasteiger partial charge is 0.379 e. The van der Waals surface area contributed by atoms with Crippen LogP contribution in [0.15, 0.2) is 4.52 Å². The number of ether oxygens (including phenoxy) is 1. The van der Waals surface area contributed by atoms with Crippen LogP contribution < -0.4 is 0 Å². The summed E-state index contributed by atoms with van der Waals surface area (Å²) in [6.45, 7) is 1.93. The second-order valence-electron chi connectivity index (χ2n) is 2.75. The zero-order chi connectivity index (χ0) is 11.5. The van der Waals surface area contributed by atoms with Crippen LogP contribution >= 0.6 is 0 Å².